The van der Waals surface area contributed by atoms with Crippen LogP contribution < -0.4 is 20.1 Å². The molecule has 6 atom stereocenters. The van der Waals surface area contributed by atoms with Crippen LogP contribution in [0.4, 0.5) is 14.7 Å². The van der Waals surface area contributed by atoms with E-state index in [0.29, 0.717) is 11.5 Å². The Kier molecular flexibility index (Phi) is 10.2. The highest BCUT2D eigenvalue weighted by molar-refractivity contribution is 7.52. The number of nitrogen functional groups attached to an aromatic ring is 1. The van der Waals surface area contributed by atoms with Crippen molar-refractivity contribution in [3.63, 3.8) is 0 Å². The summed E-state index contributed by atoms with van der Waals surface area (Å²) in [5.74, 6) is -2.52. The monoisotopic (exact) mass is 728 g/mol. The van der Waals surface area contributed by atoms with E-state index in [1.54, 1.807) is 31.2 Å². The van der Waals surface area contributed by atoms with Crippen molar-refractivity contribution in [3.8, 4) is 11.6 Å². The van der Waals surface area contributed by atoms with Crippen LogP contribution in [0, 0.1) is 11.6 Å². The maximum absolute atomic E-state index is 14.4. The number of nitrogens with two attached hydrogens (primary N) is 1. The molecule has 3 aromatic carbocycles. The Bertz CT molecular complexity index is 2110. The van der Waals surface area contributed by atoms with Gasteiger partial charge in [-0.15, -0.1) is 0 Å². The van der Waals surface area contributed by atoms with E-state index in [1.807, 2.05) is 18.2 Å². The zero-order valence-corrected chi connectivity index (χ0v) is 28.5. The number of hydrogen-bond donors (Lipinski definition) is 4. The first-order chi connectivity index (χ1) is 24.3. The number of benzene rings is 3. The lowest BCUT2D eigenvalue weighted by Crippen LogP contribution is -2.44. The fourth-order valence-electron chi connectivity index (χ4n) is 5.56. The van der Waals surface area contributed by atoms with Gasteiger partial charge in [0.15, 0.2) is 17.4 Å². The standard InChI is InChI=1S/C33H35F2N6O9P/c1-4-46-29-26-28(38-32(36)39-29)41(17-37-26)31-33(3,44)27(42)25(49-31)16-48-51(45,50-24-11-7-9-19-8-5-6-10-22(19)24)40-18(2)30(43)47-15-20-12-13-21(34)14-23(20)35/h5-14,17-18,25,27,31,42,44H,4,15-16H2,1-3H3,(H,40,45)(H2,36,38,39)/t18-,25+,27+,31+,33+,51?/m0/s1. The summed E-state index contributed by atoms with van der Waals surface area (Å²) >= 11 is 0. The number of halogens is 2. The average molecular weight is 729 g/mol. The molecule has 0 spiro atoms. The van der Waals surface area contributed by atoms with E-state index >= 15 is 0 Å². The van der Waals surface area contributed by atoms with Crippen molar-refractivity contribution >= 4 is 41.6 Å². The lowest BCUT2D eigenvalue weighted by atomic mass is 9.96. The maximum Gasteiger partial charge on any atom is 0.459 e. The molecule has 6 rings (SSSR count). The number of rotatable bonds is 13. The highest BCUT2D eigenvalue weighted by Crippen LogP contribution is 2.48. The van der Waals surface area contributed by atoms with Gasteiger partial charge in [0.05, 0.1) is 19.5 Å². The van der Waals surface area contributed by atoms with Crippen LogP contribution in [-0.4, -0.2) is 72.8 Å². The van der Waals surface area contributed by atoms with Crippen molar-refractivity contribution in [3.05, 3.63) is 84.2 Å². The number of aliphatic hydroxyl groups is 2. The Labute approximate surface area is 289 Å². The van der Waals surface area contributed by atoms with Crippen LogP contribution in [0.5, 0.6) is 11.6 Å². The Morgan fingerprint density at radius 2 is 1.94 bits per heavy atom. The molecule has 15 nitrogen and oxygen atoms in total. The number of fused-ring (bicyclic) bond motifs is 2. The third kappa shape index (κ3) is 7.49. The molecule has 0 bridgehead atoms. The van der Waals surface area contributed by atoms with E-state index in [9.17, 15) is 28.4 Å². The molecule has 270 valence electrons. The normalized spacial score (nSPS) is 22.1. The van der Waals surface area contributed by atoms with Crippen LogP contribution in [0.1, 0.15) is 32.6 Å². The molecule has 0 aliphatic carbocycles. The molecule has 0 radical (unpaired) electrons. The summed E-state index contributed by atoms with van der Waals surface area (Å²) in [6.07, 6.45) is -2.88. The molecule has 1 fully saturated rings. The van der Waals surface area contributed by atoms with Gasteiger partial charge in [0.1, 0.15) is 47.8 Å². The number of aromatic nitrogens is 4. The van der Waals surface area contributed by atoms with Gasteiger partial charge in [-0.1, -0.05) is 36.4 Å². The third-order valence-corrected chi connectivity index (χ3v) is 9.79. The average Bonchev–Trinajstić information content (AvgIpc) is 3.60. The van der Waals surface area contributed by atoms with Crippen molar-refractivity contribution in [2.24, 2.45) is 0 Å². The number of esters is 1. The summed E-state index contributed by atoms with van der Waals surface area (Å²) in [5, 5.41) is 26.5. The minimum Gasteiger partial charge on any atom is -0.476 e. The Hall–Kier alpha value is -4.77. The van der Waals surface area contributed by atoms with E-state index in [0.717, 1.165) is 17.5 Å². The van der Waals surface area contributed by atoms with Gasteiger partial charge >= 0.3 is 13.7 Å². The number of hydrogen-bond acceptors (Lipinski definition) is 13. The second-order valence-corrected chi connectivity index (χ2v) is 13.6. The number of aliphatic hydroxyl groups excluding tert-OH is 1. The van der Waals surface area contributed by atoms with E-state index in [2.05, 4.69) is 20.0 Å². The SMILES string of the molecule is CCOc1nc(N)nc2c1ncn2[C@@H]1O[C@H](COP(=O)(N[C@@H](C)C(=O)OCc2ccc(F)cc2F)Oc2cccc3ccccc23)[C@@H](O)[C@@]1(C)O. The number of anilines is 1. The van der Waals surface area contributed by atoms with Gasteiger partial charge in [0.2, 0.25) is 11.8 Å². The number of carbonyl (C=O) groups is 1. The van der Waals surface area contributed by atoms with E-state index in [4.69, 9.17) is 29.0 Å². The second kappa shape index (κ2) is 14.5. The predicted molar refractivity (Wildman–Crippen MR) is 178 cm³/mol. The molecule has 18 heteroatoms. The molecule has 51 heavy (non-hydrogen) atoms. The molecule has 5 N–H and O–H groups in total. The first-order valence-corrected chi connectivity index (χ1v) is 17.3. The molecule has 5 aromatic rings. The van der Waals surface area contributed by atoms with Crippen molar-refractivity contribution in [1.82, 2.24) is 24.6 Å². The van der Waals surface area contributed by atoms with Gasteiger partial charge in [0.25, 0.3) is 0 Å². The van der Waals surface area contributed by atoms with Gasteiger partial charge in [-0.05, 0) is 44.4 Å². The fourth-order valence-corrected chi connectivity index (χ4v) is 7.08. The fraction of sp³-hybridized carbons (Fsp3) is 0.333. The minimum atomic E-state index is -4.55. The molecule has 3 heterocycles. The lowest BCUT2D eigenvalue weighted by molar-refractivity contribution is -0.146. The number of nitrogens with one attached hydrogen (secondary N) is 1. The summed E-state index contributed by atoms with van der Waals surface area (Å²) in [6.45, 7) is 3.53. The van der Waals surface area contributed by atoms with E-state index in [1.165, 1.54) is 24.7 Å². The summed E-state index contributed by atoms with van der Waals surface area (Å²) in [7, 11) is -4.55. The van der Waals surface area contributed by atoms with Gasteiger partial charge in [-0.25, -0.2) is 18.3 Å². The van der Waals surface area contributed by atoms with Crippen LogP contribution in [0.15, 0.2) is 67.0 Å². The highest BCUT2D eigenvalue weighted by atomic mass is 31.2. The van der Waals surface area contributed by atoms with Gasteiger partial charge in [-0.2, -0.15) is 15.1 Å². The summed E-state index contributed by atoms with van der Waals surface area (Å²) in [6, 6.07) is 13.6. The molecule has 1 unspecified atom stereocenters. The van der Waals surface area contributed by atoms with Crippen LogP contribution in [-0.2, 0) is 30.0 Å². The third-order valence-electron chi connectivity index (χ3n) is 8.16. The largest absolute Gasteiger partial charge is 0.476 e. The van der Waals surface area contributed by atoms with Gasteiger partial charge in [0, 0.05) is 17.0 Å². The second-order valence-electron chi connectivity index (χ2n) is 11.9. The van der Waals surface area contributed by atoms with Crippen molar-refractivity contribution in [2.75, 3.05) is 18.9 Å². The molecule has 2 aromatic heterocycles. The van der Waals surface area contributed by atoms with Crippen molar-refractivity contribution in [1.29, 1.82) is 0 Å². The van der Waals surface area contributed by atoms with Crippen LogP contribution >= 0.6 is 7.75 Å². The number of imidazole rings is 1. The first kappa shape index (κ1) is 36.0. The molecule has 0 amide bonds. The number of carbonyl (C=O) groups excluding carboxylic acids is 1. The Morgan fingerprint density at radius 3 is 2.71 bits per heavy atom. The van der Waals surface area contributed by atoms with Crippen LogP contribution in [0.2, 0.25) is 0 Å². The van der Waals surface area contributed by atoms with Crippen LogP contribution in [0.3, 0.4) is 0 Å². The van der Waals surface area contributed by atoms with Crippen LogP contribution in [0.25, 0.3) is 21.9 Å². The molecule has 1 saturated heterocycles. The lowest BCUT2D eigenvalue weighted by Gasteiger charge is -2.27. The Balaban J connectivity index is 1.23. The molecule has 0 saturated carbocycles. The topological polar surface area (TPSA) is 202 Å². The molecule has 1 aliphatic rings. The van der Waals surface area contributed by atoms with E-state index in [-0.39, 0.29) is 40.9 Å². The number of ether oxygens (including phenoxy) is 3. The molecular weight excluding hydrogens is 693 g/mol. The highest BCUT2D eigenvalue weighted by Gasteiger charge is 2.54. The smallest absolute Gasteiger partial charge is 0.459 e. The first-order valence-electron chi connectivity index (χ1n) is 15.8. The molecule has 1 aliphatic heterocycles. The maximum atomic E-state index is 14.4. The summed E-state index contributed by atoms with van der Waals surface area (Å²) in [5.41, 5.74) is 4.24. The number of nitrogens with zero attached hydrogens (tertiary/aromatic N) is 4. The summed E-state index contributed by atoms with van der Waals surface area (Å²) in [4.78, 5) is 25.5. The zero-order chi connectivity index (χ0) is 36.5. The van der Waals surface area contributed by atoms with Crippen molar-refractivity contribution in [2.45, 2.75) is 57.5 Å². The quantitative estimate of drug-likeness (QED) is 0.0994. The van der Waals surface area contributed by atoms with Gasteiger partial charge < -0.3 is 34.7 Å². The molecular formula is C33H35F2N6O9P. The summed E-state index contributed by atoms with van der Waals surface area (Å²) < 4.78 is 71.7. The minimum absolute atomic E-state index is 0.0775. The van der Waals surface area contributed by atoms with E-state index < -0.39 is 68.6 Å². The zero-order valence-electron chi connectivity index (χ0n) is 27.6. The van der Waals surface area contributed by atoms with Gasteiger partial charge in [-0.3, -0.25) is 13.9 Å². The van der Waals surface area contributed by atoms with Crippen molar-refractivity contribution < 1.29 is 51.6 Å². The predicted octanol–water partition coefficient (Wildman–Crippen LogP) is 4.17. The Morgan fingerprint density at radius 1 is 1.18 bits per heavy atom.